The highest BCUT2D eigenvalue weighted by atomic mass is 35.5. The topological polar surface area (TPSA) is 67.2 Å². The van der Waals surface area contributed by atoms with E-state index in [0.29, 0.717) is 24.5 Å². The molecule has 126 valence electrons. The molecule has 1 aliphatic heterocycles. The van der Waals surface area contributed by atoms with Crippen LogP contribution in [-0.4, -0.2) is 45.6 Å². The average Bonchev–Trinajstić information content (AvgIpc) is 3.15. The lowest BCUT2D eigenvalue weighted by Gasteiger charge is -2.17. The van der Waals surface area contributed by atoms with Crippen LogP contribution < -0.4 is 5.32 Å². The van der Waals surface area contributed by atoms with Crippen LogP contribution in [0.4, 0.5) is 0 Å². The standard InChI is InChI=1S/C17H19ClN4O2/c18-14-4-1-3-13(9-14)5-8-21-11-15(10-17(21)24)20-16(23)12-22-7-2-6-19-22/h1-4,6-7,9,15H,5,8,10-12H2,(H,20,23)/t15-/m1/s1. The predicted molar refractivity (Wildman–Crippen MR) is 90.5 cm³/mol. The molecule has 0 unspecified atom stereocenters. The van der Waals surface area contributed by atoms with E-state index in [1.807, 2.05) is 24.3 Å². The third-order valence-electron chi connectivity index (χ3n) is 4.00. The van der Waals surface area contributed by atoms with Gasteiger partial charge in [0, 0.05) is 36.9 Å². The minimum absolute atomic E-state index is 0.0708. The quantitative estimate of drug-likeness (QED) is 0.861. The number of benzene rings is 1. The van der Waals surface area contributed by atoms with Gasteiger partial charge >= 0.3 is 0 Å². The number of nitrogens with zero attached hydrogens (tertiary/aromatic N) is 3. The first-order chi connectivity index (χ1) is 11.6. The summed E-state index contributed by atoms with van der Waals surface area (Å²) in [6.45, 7) is 1.34. The Morgan fingerprint density at radius 2 is 2.25 bits per heavy atom. The zero-order valence-electron chi connectivity index (χ0n) is 13.2. The highest BCUT2D eigenvalue weighted by Crippen LogP contribution is 2.15. The lowest BCUT2D eigenvalue weighted by atomic mass is 10.1. The molecule has 1 aliphatic rings. The number of hydrogen-bond donors (Lipinski definition) is 1. The van der Waals surface area contributed by atoms with Crippen LogP contribution in [-0.2, 0) is 22.6 Å². The molecule has 0 bridgehead atoms. The number of rotatable bonds is 6. The third kappa shape index (κ3) is 4.35. The number of amides is 2. The number of nitrogens with one attached hydrogen (secondary N) is 1. The van der Waals surface area contributed by atoms with Gasteiger partial charge in [-0.05, 0) is 30.2 Å². The van der Waals surface area contributed by atoms with E-state index >= 15 is 0 Å². The summed E-state index contributed by atoms with van der Waals surface area (Å²) in [7, 11) is 0. The summed E-state index contributed by atoms with van der Waals surface area (Å²) in [5.74, 6) is -0.0605. The van der Waals surface area contributed by atoms with Crippen molar-refractivity contribution in [3.63, 3.8) is 0 Å². The van der Waals surface area contributed by atoms with Crippen molar-refractivity contribution >= 4 is 23.4 Å². The van der Waals surface area contributed by atoms with E-state index in [1.54, 1.807) is 28.0 Å². The number of likely N-dealkylation sites (tertiary alicyclic amines) is 1. The first kappa shape index (κ1) is 16.5. The molecule has 1 fully saturated rings. The molecular formula is C17H19ClN4O2. The van der Waals surface area contributed by atoms with E-state index in [1.165, 1.54) is 0 Å². The number of hydrogen-bond acceptors (Lipinski definition) is 3. The van der Waals surface area contributed by atoms with E-state index in [4.69, 9.17) is 11.6 Å². The molecule has 0 radical (unpaired) electrons. The Labute approximate surface area is 145 Å². The van der Waals surface area contributed by atoms with E-state index in [9.17, 15) is 9.59 Å². The Kier molecular flexibility index (Phi) is 5.15. The van der Waals surface area contributed by atoms with Gasteiger partial charge in [-0.25, -0.2) is 0 Å². The minimum atomic E-state index is -0.139. The van der Waals surface area contributed by atoms with Crippen molar-refractivity contribution in [2.75, 3.05) is 13.1 Å². The summed E-state index contributed by atoms with van der Waals surface area (Å²) >= 11 is 5.97. The fourth-order valence-electron chi connectivity index (χ4n) is 2.86. The zero-order chi connectivity index (χ0) is 16.9. The first-order valence-electron chi connectivity index (χ1n) is 7.89. The van der Waals surface area contributed by atoms with Gasteiger partial charge in [-0.1, -0.05) is 23.7 Å². The molecule has 6 nitrogen and oxygen atoms in total. The monoisotopic (exact) mass is 346 g/mol. The molecule has 2 amide bonds. The first-order valence-corrected chi connectivity index (χ1v) is 8.27. The van der Waals surface area contributed by atoms with Gasteiger partial charge in [0.1, 0.15) is 6.54 Å². The molecule has 1 N–H and O–H groups in total. The predicted octanol–water partition coefficient (Wildman–Crippen LogP) is 1.50. The smallest absolute Gasteiger partial charge is 0.242 e. The van der Waals surface area contributed by atoms with Gasteiger partial charge in [-0.2, -0.15) is 5.10 Å². The van der Waals surface area contributed by atoms with Crippen LogP contribution >= 0.6 is 11.6 Å². The van der Waals surface area contributed by atoms with E-state index in [-0.39, 0.29) is 24.4 Å². The molecule has 0 aliphatic carbocycles. The zero-order valence-corrected chi connectivity index (χ0v) is 13.9. The maximum absolute atomic E-state index is 12.1. The van der Waals surface area contributed by atoms with Crippen LogP contribution in [0.5, 0.6) is 0 Å². The van der Waals surface area contributed by atoms with Gasteiger partial charge in [-0.15, -0.1) is 0 Å². The molecule has 0 saturated carbocycles. The van der Waals surface area contributed by atoms with Crippen molar-refractivity contribution in [1.29, 1.82) is 0 Å². The lowest BCUT2D eigenvalue weighted by molar-refractivity contribution is -0.127. The van der Waals surface area contributed by atoms with Crippen molar-refractivity contribution in [2.24, 2.45) is 0 Å². The number of aromatic nitrogens is 2. The van der Waals surface area contributed by atoms with E-state index < -0.39 is 0 Å². The van der Waals surface area contributed by atoms with Crippen molar-refractivity contribution in [2.45, 2.75) is 25.4 Å². The van der Waals surface area contributed by atoms with Gasteiger partial charge in [0.05, 0.1) is 6.04 Å². The fraction of sp³-hybridized carbons (Fsp3) is 0.353. The molecular weight excluding hydrogens is 328 g/mol. The molecule has 1 aromatic heterocycles. The van der Waals surface area contributed by atoms with Gasteiger partial charge < -0.3 is 10.2 Å². The van der Waals surface area contributed by atoms with Gasteiger partial charge in [-0.3, -0.25) is 14.3 Å². The van der Waals surface area contributed by atoms with Gasteiger partial charge in [0.25, 0.3) is 0 Å². The second-order valence-electron chi connectivity index (χ2n) is 5.89. The fourth-order valence-corrected chi connectivity index (χ4v) is 3.07. The summed E-state index contributed by atoms with van der Waals surface area (Å²) < 4.78 is 1.56. The number of carbonyl (C=O) groups excluding carboxylic acids is 2. The number of halogens is 1. The molecule has 2 aromatic rings. The number of carbonyl (C=O) groups is 2. The summed E-state index contributed by atoms with van der Waals surface area (Å²) in [6, 6.07) is 9.27. The Hall–Kier alpha value is -2.34. The molecule has 24 heavy (non-hydrogen) atoms. The molecule has 1 aromatic carbocycles. The van der Waals surface area contributed by atoms with Gasteiger partial charge in [0.15, 0.2) is 0 Å². The van der Waals surface area contributed by atoms with Crippen molar-refractivity contribution < 1.29 is 9.59 Å². The van der Waals surface area contributed by atoms with Crippen molar-refractivity contribution in [1.82, 2.24) is 20.0 Å². The van der Waals surface area contributed by atoms with Crippen molar-refractivity contribution in [3.8, 4) is 0 Å². The largest absolute Gasteiger partial charge is 0.349 e. The Morgan fingerprint density at radius 1 is 1.38 bits per heavy atom. The maximum atomic E-state index is 12.1. The second-order valence-corrected chi connectivity index (χ2v) is 6.33. The van der Waals surface area contributed by atoms with E-state index in [0.717, 1.165) is 12.0 Å². The van der Waals surface area contributed by atoms with Crippen LogP contribution in [0.2, 0.25) is 5.02 Å². The summed E-state index contributed by atoms with van der Waals surface area (Å²) in [6.07, 6.45) is 4.46. The van der Waals surface area contributed by atoms with Crippen LogP contribution in [0.3, 0.4) is 0 Å². The highest BCUT2D eigenvalue weighted by molar-refractivity contribution is 6.30. The molecule has 1 atom stereocenters. The highest BCUT2D eigenvalue weighted by Gasteiger charge is 2.30. The lowest BCUT2D eigenvalue weighted by Crippen LogP contribution is -2.39. The molecule has 1 saturated heterocycles. The maximum Gasteiger partial charge on any atom is 0.242 e. The van der Waals surface area contributed by atoms with Crippen LogP contribution in [0.15, 0.2) is 42.7 Å². The SMILES string of the molecule is O=C(Cn1cccn1)N[C@@H]1CC(=O)N(CCc2cccc(Cl)c2)C1. The minimum Gasteiger partial charge on any atom is -0.349 e. The molecule has 0 spiro atoms. The average molecular weight is 347 g/mol. The van der Waals surface area contributed by atoms with Crippen LogP contribution in [0.25, 0.3) is 0 Å². The van der Waals surface area contributed by atoms with E-state index in [2.05, 4.69) is 10.4 Å². The summed E-state index contributed by atoms with van der Waals surface area (Å²) in [5, 5.41) is 7.60. The Bertz CT molecular complexity index is 717. The summed E-state index contributed by atoms with van der Waals surface area (Å²) in [4.78, 5) is 25.9. The summed E-state index contributed by atoms with van der Waals surface area (Å²) in [5.41, 5.74) is 1.10. The molecule has 7 heteroatoms. The normalized spacial score (nSPS) is 17.3. The van der Waals surface area contributed by atoms with Crippen molar-refractivity contribution in [3.05, 3.63) is 53.3 Å². The molecule has 3 rings (SSSR count). The molecule has 2 heterocycles. The van der Waals surface area contributed by atoms with Crippen LogP contribution in [0, 0.1) is 0 Å². The second kappa shape index (κ2) is 7.49. The van der Waals surface area contributed by atoms with Gasteiger partial charge in [0.2, 0.25) is 11.8 Å². The van der Waals surface area contributed by atoms with Crippen LogP contribution in [0.1, 0.15) is 12.0 Å². The third-order valence-corrected chi connectivity index (χ3v) is 4.24. The Morgan fingerprint density at radius 3 is 3.00 bits per heavy atom. The Balaban J connectivity index is 1.47.